The fourth-order valence-electron chi connectivity index (χ4n) is 3.64. The van der Waals surface area contributed by atoms with E-state index in [1.807, 2.05) is 0 Å². The Morgan fingerprint density at radius 1 is 1.24 bits per heavy atom. The number of alkyl halides is 3. The molecule has 2 atom stereocenters. The average molecular weight is 476 g/mol. The summed E-state index contributed by atoms with van der Waals surface area (Å²) in [6.45, 7) is 6.38. The largest absolute Gasteiger partial charge is 0.472 e. The van der Waals surface area contributed by atoms with Crippen LogP contribution in [0, 0.1) is 5.82 Å². The Morgan fingerprint density at radius 2 is 1.94 bits per heavy atom. The highest BCUT2D eigenvalue weighted by Crippen LogP contribution is 2.29. The van der Waals surface area contributed by atoms with Gasteiger partial charge in [-0.25, -0.2) is 19.4 Å². The Balaban J connectivity index is 1.85. The maximum atomic E-state index is 14.8. The molecule has 1 aliphatic rings. The smallest absolute Gasteiger partial charge is 0.412 e. The zero-order valence-electron chi connectivity index (χ0n) is 18.7. The van der Waals surface area contributed by atoms with Gasteiger partial charge in [0.05, 0.1) is 11.6 Å². The van der Waals surface area contributed by atoms with E-state index >= 15 is 0 Å². The van der Waals surface area contributed by atoms with Gasteiger partial charge in [-0.2, -0.15) is 13.2 Å². The lowest BCUT2D eigenvalue weighted by Gasteiger charge is -2.39. The molecule has 1 fully saturated rings. The van der Waals surface area contributed by atoms with E-state index in [1.54, 1.807) is 19.1 Å². The van der Waals surface area contributed by atoms with Crippen molar-refractivity contribution in [3.8, 4) is 11.4 Å². The molecule has 34 heavy (non-hydrogen) atoms. The van der Waals surface area contributed by atoms with Crippen molar-refractivity contribution in [1.82, 2.24) is 14.9 Å². The third kappa shape index (κ3) is 5.67. The number of piperidine rings is 1. The number of likely N-dealkylation sites (tertiary alicyclic amines) is 1. The number of allylic oxidation sites excluding steroid dienone is 3. The number of halogens is 4. The minimum absolute atomic E-state index is 0.0981. The van der Waals surface area contributed by atoms with Crippen molar-refractivity contribution in [3.05, 3.63) is 71.6 Å². The molecule has 3 rings (SSSR count). The second-order valence-corrected chi connectivity index (χ2v) is 7.78. The molecule has 0 bridgehead atoms. The number of aromatic nitrogens is 2. The average Bonchev–Trinajstić information content (AvgIpc) is 2.82. The molecule has 1 aromatic heterocycles. The van der Waals surface area contributed by atoms with Crippen LogP contribution in [0.5, 0.6) is 0 Å². The fourth-order valence-corrected chi connectivity index (χ4v) is 3.64. The third-order valence-corrected chi connectivity index (χ3v) is 5.56. The van der Waals surface area contributed by atoms with Gasteiger partial charge in [-0.3, -0.25) is 4.79 Å². The molecule has 0 radical (unpaired) electrons. The third-order valence-electron chi connectivity index (χ3n) is 5.56. The molecule has 10 heteroatoms. The molecule has 0 unspecified atom stereocenters. The molecule has 1 aromatic carbocycles. The number of benzene rings is 1. The fraction of sp³-hybridized carbons (Fsp3) is 0.333. The highest BCUT2D eigenvalue weighted by molar-refractivity contribution is 6.00. The zero-order chi connectivity index (χ0) is 24.9. The Labute approximate surface area is 194 Å². The van der Waals surface area contributed by atoms with Gasteiger partial charge in [0.25, 0.3) is 5.91 Å². The van der Waals surface area contributed by atoms with Crippen LogP contribution in [0.4, 0.5) is 17.6 Å². The van der Waals surface area contributed by atoms with E-state index in [1.165, 1.54) is 29.4 Å². The van der Waals surface area contributed by atoms with Crippen molar-refractivity contribution < 1.29 is 27.1 Å². The van der Waals surface area contributed by atoms with Crippen LogP contribution in [0.1, 0.15) is 37.0 Å². The molecule has 1 amide bonds. The Morgan fingerprint density at radius 3 is 2.59 bits per heavy atom. The number of amides is 1. The lowest BCUT2D eigenvalue weighted by molar-refractivity contribution is -0.0913. The first-order valence-electron chi connectivity index (χ1n) is 10.6. The normalized spacial score (nSPS) is 19.6. The number of hydrogen-bond donors (Lipinski definition) is 0. The summed E-state index contributed by atoms with van der Waals surface area (Å²) in [6.07, 6.45) is 0.984. The topological polar surface area (TPSA) is 67.7 Å². The first-order chi connectivity index (χ1) is 16.1. The van der Waals surface area contributed by atoms with E-state index in [2.05, 4.69) is 21.7 Å². The lowest BCUT2D eigenvalue weighted by atomic mass is 9.97. The van der Waals surface area contributed by atoms with E-state index in [9.17, 15) is 22.4 Å². The maximum absolute atomic E-state index is 14.8. The molecule has 0 N–H and O–H groups in total. The summed E-state index contributed by atoms with van der Waals surface area (Å²) >= 11 is 0. The van der Waals surface area contributed by atoms with Crippen LogP contribution < -0.4 is 0 Å². The van der Waals surface area contributed by atoms with Gasteiger partial charge in [0.2, 0.25) is 5.88 Å². The van der Waals surface area contributed by atoms with Crippen LogP contribution >= 0.6 is 0 Å². The van der Waals surface area contributed by atoms with Gasteiger partial charge in [0.15, 0.2) is 5.82 Å². The molecule has 2 heterocycles. The first-order valence-corrected chi connectivity index (χ1v) is 10.6. The summed E-state index contributed by atoms with van der Waals surface area (Å²) in [5.74, 6) is -1.13. The maximum Gasteiger partial charge on any atom is 0.412 e. The zero-order valence-corrected chi connectivity index (χ0v) is 18.7. The molecule has 0 spiro atoms. The van der Waals surface area contributed by atoms with Gasteiger partial charge in [0, 0.05) is 36.2 Å². The van der Waals surface area contributed by atoms with Crippen LogP contribution in [-0.4, -0.2) is 52.4 Å². The van der Waals surface area contributed by atoms with Crippen molar-refractivity contribution in [2.24, 2.45) is 4.99 Å². The highest BCUT2D eigenvalue weighted by Gasteiger charge is 2.35. The number of carbonyl (C=O) groups excluding carboxylic acids is 1. The van der Waals surface area contributed by atoms with Crippen molar-refractivity contribution >= 4 is 12.6 Å². The predicted molar refractivity (Wildman–Crippen MR) is 119 cm³/mol. The van der Waals surface area contributed by atoms with E-state index in [4.69, 9.17) is 4.74 Å². The Hall–Kier alpha value is -3.56. The minimum Gasteiger partial charge on any atom is -0.472 e. The lowest BCUT2D eigenvalue weighted by Crippen LogP contribution is -2.50. The van der Waals surface area contributed by atoms with Crippen LogP contribution in [0.25, 0.3) is 11.4 Å². The summed E-state index contributed by atoms with van der Waals surface area (Å²) in [5.41, 5.74) is -0.703. The molecule has 0 saturated carbocycles. The van der Waals surface area contributed by atoms with Crippen LogP contribution in [0.3, 0.4) is 0 Å². The number of hydrogen-bond acceptors (Lipinski definition) is 5. The number of nitrogens with zero attached hydrogens (tertiary/aromatic N) is 4. The second-order valence-electron chi connectivity index (χ2n) is 7.78. The highest BCUT2D eigenvalue weighted by atomic mass is 19.4. The number of carbonyl (C=O) groups is 1. The van der Waals surface area contributed by atoms with Gasteiger partial charge in [-0.1, -0.05) is 12.1 Å². The van der Waals surface area contributed by atoms with Crippen molar-refractivity contribution in [2.45, 2.75) is 45.0 Å². The van der Waals surface area contributed by atoms with Crippen molar-refractivity contribution in [2.75, 3.05) is 6.54 Å². The first kappa shape index (κ1) is 25.1. The molecular formula is C24H24F4N4O2. The van der Waals surface area contributed by atoms with Crippen molar-refractivity contribution in [1.29, 1.82) is 0 Å². The molecule has 180 valence electrons. The SMILES string of the molecule is C=N/C(=C\C=C(/C)C(F)(F)F)O[C@@H]1CCCN(C(=O)c2c(F)cccc2-c2ncccn2)[C@H]1C. The number of aliphatic imine (C=N–C) groups is 1. The quantitative estimate of drug-likeness (QED) is 0.244. The van der Waals surface area contributed by atoms with Crippen molar-refractivity contribution in [3.63, 3.8) is 0 Å². The van der Waals surface area contributed by atoms with Gasteiger partial charge < -0.3 is 9.64 Å². The molecule has 1 saturated heterocycles. The summed E-state index contributed by atoms with van der Waals surface area (Å²) in [4.78, 5) is 26.8. The molecule has 0 aliphatic carbocycles. The van der Waals surface area contributed by atoms with Crippen LogP contribution in [-0.2, 0) is 4.74 Å². The van der Waals surface area contributed by atoms with E-state index in [0.29, 0.717) is 19.4 Å². The van der Waals surface area contributed by atoms with Crippen LogP contribution in [0.15, 0.2) is 65.3 Å². The summed E-state index contributed by atoms with van der Waals surface area (Å²) in [7, 11) is 0. The Kier molecular flexibility index (Phi) is 7.80. The predicted octanol–water partition coefficient (Wildman–Crippen LogP) is 5.34. The summed E-state index contributed by atoms with van der Waals surface area (Å²) in [6, 6.07) is 5.35. The van der Waals surface area contributed by atoms with E-state index in [-0.39, 0.29) is 22.8 Å². The number of ether oxygens (including phenoxy) is 1. The summed E-state index contributed by atoms with van der Waals surface area (Å²) < 4.78 is 58.9. The van der Waals surface area contributed by atoms with Gasteiger partial charge >= 0.3 is 6.18 Å². The second kappa shape index (κ2) is 10.6. The van der Waals surface area contributed by atoms with Gasteiger partial charge in [-0.05, 0) is 51.6 Å². The Bertz CT molecular complexity index is 1100. The van der Waals surface area contributed by atoms with Crippen LogP contribution in [0.2, 0.25) is 0 Å². The van der Waals surface area contributed by atoms with Gasteiger partial charge in [0.1, 0.15) is 11.9 Å². The standard InChI is InChI=1S/C24H24F4N4O2/c1-15(24(26,27)28)10-11-20(29-3)34-19-9-5-14-32(16(19)2)23(33)21-17(7-4-8-18(21)25)22-30-12-6-13-31-22/h4,6-8,10-13,16,19H,3,5,9,14H2,1-2H3/b15-10+,20-11+/t16-,19+/m0/s1. The monoisotopic (exact) mass is 476 g/mol. The molecule has 6 nitrogen and oxygen atoms in total. The molecule has 1 aliphatic heterocycles. The molecular weight excluding hydrogens is 452 g/mol. The van der Waals surface area contributed by atoms with E-state index in [0.717, 1.165) is 19.1 Å². The van der Waals surface area contributed by atoms with E-state index < -0.39 is 35.6 Å². The van der Waals surface area contributed by atoms with Gasteiger partial charge in [-0.15, -0.1) is 0 Å². The number of rotatable bonds is 6. The minimum atomic E-state index is -4.47. The molecule has 2 aromatic rings. The summed E-state index contributed by atoms with van der Waals surface area (Å²) in [5, 5.41) is 0.